The number of carbonyl (C=O) groups excluding carboxylic acids is 3. The summed E-state index contributed by atoms with van der Waals surface area (Å²) in [6.45, 7) is 13.6. The Balaban J connectivity index is 0.00000170. The van der Waals surface area contributed by atoms with Crippen LogP contribution in [0, 0.1) is 0 Å². The van der Waals surface area contributed by atoms with Gasteiger partial charge >= 0.3 is 0 Å². The average Bonchev–Trinajstić information content (AvgIpc) is 2.84. The number of carbonyl (C=O) groups is 3. The molecule has 2 aliphatic rings. The van der Waals surface area contributed by atoms with E-state index in [0.717, 1.165) is 11.1 Å². The van der Waals surface area contributed by atoms with Crippen molar-refractivity contribution in [3.63, 3.8) is 0 Å². The lowest BCUT2D eigenvalue weighted by atomic mass is 10.0. The third-order valence-electron chi connectivity index (χ3n) is 3.69. The highest BCUT2D eigenvalue weighted by Gasteiger charge is 2.38. The monoisotopic (exact) mass is 332 g/mol. The Hall–Kier alpha value is -2.43. The quantitative estimate of drug-likeness (QED) is 0.636. The van der Waals surface area contributed by atoms with E-state index in [1.54, 1.807) is 6.08 Å². The van der Waals surface area contributed by atoms with Crippen molar-refractivity contribution in [3.8, 4) is 0 Å². The van der Waals surface area contributed by atoms with Crippen molar-refractivity contribution >= 4 is 17.7 Å². The number of amides is 3. The standard InChI is InChI=1S/C16H18N2O3.C2H6.CH4/c1-4-10(3)8-11-9-18(16(21)12(11)5-2)13-6-7-14(19)17-15(13)20;1-2;/h4-5,8,13H,1-2,6-7,9H2,3H3,(H,17,19,20);1-2H3;1H4/b10-8-;;. The molecule has 1 fully saturated rings. The second-order valence-corrected chi connectivity index (χ2v) is 5.14. The van der Waals surface area contributed by atoms with Crippen LogP contribution < -0.4 is 5.32 Å². The smallest absolute Gasteiger partial charge is 0.255 e. The van der Waals surface area contributed by atoms with E-state index >= 15 is 0 Å². The molecule has 5 nitrogen and oxygen atoms in total. The first kappa shape index (κ1) is 21.6. The molecule has 5 heteroatoms. The Morgan fingerprint density at radius 2 is 1.88 bits per heavy atom. The van der Waals surface area contributed by atoms with Crippen LogP contribution in [0.2, 0.25) is 0 Å². The largest absolute Gasteiger partial charge is 0.322 e. The molecule has 1 unspecified atom stereocenters. The molecular weight excluding hydrogens is 304 g/mol. The molecule has 0 spiro atoms. The first-order chi connectivity index (χ1) is 11.0. The van der Waals surface area contributed by atoms with Gasteiger partial charge in [0.2, 0.25) is 11.8 Å². The predicted molar refractivity (Wildman–Crippen MR) is 97.1 cm³/mol. The Labute approximate surface area is 144 Å². The van der Waals surface area contributed by atoms with Gasteiger partial charge in [0.05, 0.1) is 0 Å². The Morgan fingerprint density at radius 3 is 2.38 bits per heavy atom. The van der Waals surface area contributed by atoms with E-state index < -0.39 is 11.9 Å². The number of rotatable bonds is 4. The molecule has 2 aliphatic heterocycles. The van der Waals surface area contributed by atoms with Gasteiger partial charge in [0.25, 0.3) is 5.91 Å². The van der Waals surface area contributed by atoms with Gasteiger partial charge < -0.3 is 4.90 Å². The number of imide groups is 1. The van der Waals surface area contributed by atoms with Crippen molar-refractivity contribution in [2.24, 2.45) is 0 Å². The molecule has 132 valence electrons. The Kier molecular flexibility index (Phi) is 8.67. The zero-order chi connectivity index (χ0) is 17.6. The van der Waals surface area contributed by atoms with Gasteiger partial charge in [0, 0.05) is 18.5 Å². The van der Waals surface area contributed by atoms with Gasteiger partial charge in [-0.3, -0.25) is 19.7 Å². The average molecular weight is 332 g/mol. The molecule has 1 saturated heterocycles. The highest BCUT2D eigenvalue weighted by molar-refractivity contribution is 6.06. The molecular formula is C19H28N2O3. The fourth-order valence-electron chi connectivity index (χ4n) is 2.54. The number of hydrogen-bond acceptors (Lipinski definition) is 3. The zero-order valence-electron chi connectivity index (χ0n) is 14.0. The van der Waals surface area contributed by atoms with E-state index in [1.807, 2.05) is 26.8 Å². The Morgan fingerprint density at radius 1 is 1.25 bits per heavy atom. The van der Waals surface area contributed by atoms with Gasteiger partial charge in [-0.1, -0.05) is 58.2 Å². The SMILES string of the molecule is C.C=CC1=C(/C=C(/C)C=C)CN(C2CCC(=O)NC2=O)C1=O.CC. The molecule has 1 N–H and O–H groups in total. The lowest BCUT2D eigenvalue weighted by Crippen LogP contribution is -2.53. The second-order valence-electron chi connectivity index (χ2n) is 5.14. The zero-order valence-corrected chi connectivity index (χ0v) is 14.0. The van der Waals surface area contributed by atoms with Gasteiger partial charge in [-0.15, -0.1) is 0 Å². The minimum absolute atomic E-state index is 0. The molecule has 24 heavy (non-hydrogen) atoms. The van der Waals surface area contributed by atoms with Crippen molar-refractivity contribution in [2.75, 3.05) is 6.54 Å². The van der Waals surface area contributed by atoms with Crippen molar-refractivity contribution in [1.29, 1.82) is 0 Å². The Bertz CT molecular complexity index is 600. The molecule has 1 atom stereocenters. The van der Waals surface area contributed by atoms with Crippen LogP contribution in [-0.2, 0) is 14.4 Å². The maximum Gasteiger partial charge on any atom is 0.255 e. The summed E-state index contributed by atoms with van der Waals surface area (Å²) in [5, 5.41) is 2.28. The van der Waals surface area contributed by atoms with Crippen LogP contribution >= 0.6 is 0 Å². The number of nitrogens with one attached hydrogen (secondary N) is 1. The van der Waals surface area contributed by atoms with Gasteiger partial charge in [-0.05, 0) is 18.9 Å². The van der Waals surface area contributed by atoms with Crippen LogP contribution in [0.4, 0.5) is 0 Å². The molecule has 0 aromatic rings. The van der Waals surface area contributed by atoms with Crippen LogP contribution in [0.3, 0.4) is 0 Å². The van der Waals surface area contributed by atoms with Crippen LogP contribution in [0.15, 0.2) is 48.1 Å². The summed E-state index contributed by atoms with van der Waals surface area (Å²) in [4.78, 5) is 37.0. The maximum absolute atomic E-state index is 12.4. The van der Waals surface area contributed by atoms with E-state index in [4.69, 9.17) is 0 Å². The predicted octanol–water partition coefficient (Wildman–Crippen LogP) is 2.91. The highest BCUT2D eigenvalue weighted by Crippen LogP contribution is 2.26. The van der Waals surface area contributed by atoms with Crippen molar-refractivity contribution in [3.05, 3.63) is 48.1 Å². The lowest BCUT2D eigenvalue weighted by Gasteiger charge is -2.29. The lowest BCUT2D eigenvalue weighted by molar-refractivity contribution is -0.142. The number of allylic oxidation sites excluding steroid dienone is 2. The van der Waals surface area contributed by atoms with Gasteiger partial charge in [0.1, 0.15) is 6.04 Å². The first-order valence-electron chi connectivity index (χ1n) is 7.79. The van der Waals surface area contributed by atoms with Crippen LogP contribution in [0.1, 0.15) is 41.0 Å². The van der Waals surface area contributed by atoms with Crippen molar-refractivity contribution < 1.29 is 14.4 Å². The summed E-state index contributed by atoms with van der Waals surface area (Å²) in [5.41, 5.74) is 2.25. The topological polar surface area (TPSA) is 66.5 Å². The second kappa shape index (κ2) is 9.65. The summed E-state index contributed by atoms with van der Waals surface area (Å²) in [6.07, 6.45) is 5.69. The summed E-state index contributed by atoms with van der Waals surface area (Å²) < 4.78 is 0. The van der Waals surface area contributed by atoms with Crippen LogP contribution in [0.25, 0.3) is 0 Å². The van der Waals surface area contributed by atoms with E-state index in [2.05, 4.69) is 18.5 Å². The maximum atomic E-state index is 12.4. The molecule has 0 bridgehead atoms. The normalized spacial score (nSPS) is 20.8. The minimum Gasteiger partial charge on any atom is -0.322 e. The fourth-order valence-corrected chi connectivity index (χ4v) is 2.54. The third-order valence-corrected chi connectivity index (χ3v) is 3.69. The van der Waals surface area contributed by atoms with Crippen LogP contribution in [0.5, 0.6) is 0 Å². The number of hydrogen-bond donors (Lipinski definition) is 1. The van der Waals surface area contributed by atoms with E-state index in [9.17, 15) is 14.4 Å². The first-order valence-corrected chi connectivity index (χ1v) is 7.79. The number of piperidine rings is 1. The van der Waals surface area contributed by atoms with E-state index in [1.165, 1.54) is 11.0 Å². The summed E-state index contributed by atoms with van der Waals surface area (Å²) in [6, 6.07) is -0.597. The summed E-state index contributed by atoms with van der Waals surface area (Å²) in [5.74, 6) is -0.918. The summed E-state index contributed by atoms with van der Waals surface area (Å²) in [7, 11) is 0. The fraction of sp³-hybridized carbons (Fsp3) is 0.421. The molecule has 2 heterocycles. The molecule has 0 aliphatic carbocycles. The molecule has 0 radical (unpaired) electrons. The highest BCUT2D eigenvalue weighted by atomic mass is 16.2. The minimum atomic E-state index is -0.597. The van der Waals surface area contributed by atoms with Crippen molar-refractivity contribution in [1.82, 2.24) is 10.2 Å². The molecule has 0 aromatic carbocycles. The molecule has 0 saturated carbocycles. The van der Waals surface area contributed by atoms with Crippen LogP contribution in [-0.4, -0.2) is 35.2 Å². The molecule has 0 aromatic heterocycles. The van der Waals surface area contributed by atoms with Crippen molar-refractivity contribution in [2.45, 2.75) is 47.1 Å². The van der Waals surface area contributed by atoms with E-state index in [-0.39, 0.29) is 25.7 Å². The van der Waals surface area contributed by atoms with Gasteiger partial charge in [-0.2, -0.15) is 0 Å². The van der Waals surface area contributed by atoms with E-state index in [0.29, 0.717) is 18.5 Å². The number of nitrogens with zero attached hydrogens (tertiary/aromatic N) is 1. The van der Waals surface area contributed by atoms with Gasteiger partial charge in [-0.25, -0.2) is 0 Å². The molecule has 2 rings (SSSR count). The molecule has 3 amide bonds. The third kappa shape index (κ3) is 4.54. The van der Waals surface area contributed by atoms with Gasteiger partial charge in [0.15, 0.2) is 0 Å². The summed E-state index contributed by atoms with van der Waals surface area (Å²) >= 11 is 0.